The van der Waals surface area contributed by atoms with Crippen molar-refractivity contribution in [1.29, 1.82) is 0 Å². The van der Waals surface area contributed by atoms with Gasteiger partial charge in [-0.05, 0) is 60.9 Å². The molecule has 2 aromatic carbocycles. The van der Waals surface area contributed by atoms with E-state index in [1.54, 1.807) is 24.1 Å². The van der Waals surface area contributed by atoms with Crippen molar-refractivity contribution in [2.75, 3.05) is 25.7 Å². The molecule has 29 heavy (non-hydrogen) atoms. The van der Waals surface area contributed by atoms with Gasteiger partial charge in [-0.3, -0.25) is 4.79 Å². The van der Waals surface area contributed by atoms with Gasteiger partial charge in [0.1, 0.15) is 5.82 Å². The molecular weight excluding hydrogens is 389 g/mol. The van der Waals surface area contributed by atoms with E-state index < -0.39 is 5.60 Å². The minimum absolute atomic E-state index is 0.0726. The van der Waals surface area contributed by atoms with Crippen molar-refractivity contribution in [2.45, 2.75) is 54.1 Å². The highest BCUT2D eigenvalue weighted by Gasteiger charge is 2.38. The normalized spacial score (nSPS) is 24.5. The summed E-state index contributed by atoms with van der Waals surface area (Å²) in [7, 11) is 3.50. The van der Waals surface area contributed by atoms with Crippen molar-refractivity contribution in [3.8, 4) is 0 Å². The maximum absolute atomic E-state index is 14.5. The summed E-state index contributed by atoms with van der Waals surface area (Å²) in [4.78, 5) is 15.5. The Labute approximate surface area is 175 Å². The average Bonchev–Trinajstić information content (AvgIpc) is 2.70. The SMILES string of the molecule is CO[C@]1(c2cc(F)cc(Sc3ccc4c(c3)CCC(=O)N4C)c2)CCOC(C)C1. The molecule has 6 heteroatoms. The number of carbonyl (C=O) groups is 1. The van der Waals surface area contributed by atoms with Crippen LogP contribution in [0.3, 0.4) is 0 Å². The van der Waals surface area contributed by atoms with Crippen molar-refractivity contribution in [1.82, 2.24) is 0 Å². The predicted molar refractivity (Wildman–Crippen MR) is 112 cm³/mol. The second-order valence-electron chi connectivity index (χ2n) is 7.85. The number of anilines is 1. The molecule has 2 atom stereocenters. The van der Waals surface area contributed by atoms with Gasteiger partial charge in [-0.1, -0.05) is 11.8 Å². The van der Waals surface area contributed by atoms with Gasteiger partial charge in [0, 0.05) is 48.9 Å². The summed E-state index contributed by atoms with van der Waals surface area (Å²) < 4.78 is 26.1. The number of nitrogens with zero attached hydrogens (tertiary/aromatic N) is 1. The van der Waals surface area contributed by atoms with E-state index in [1.165, 1.54) is 11.8 Å². The molecule has 0 saturated carbocycles. The van der Waals surface area contributed by atoms with Gasteiger partial charge in [0.05, 0.1) is 18.3 Å². The summed E-state index contributed by atoms with van der Waals surface area (Å²) >= 11 is 1.53. The van der Waals surface area contributed by atoms with Crippen LogP contribution < -0.4 is 4.90 Å². The number of halogens is 1. The molecule has 2 aromatic rings. The molecule has 0 aromatic heterocycles. The van der Waals surface area contributed by atoms with E-state index in [0.29, 0.717) is 25.9 Å². The van der Waals surface area contributed by atoms with Gasteiger partial charge < -0.3 is 14.4 Å². The summed E-state index contributed by atoms with van der Waals surface area (Å²) in [5, 5.41) is 0. The third-order valence-corrected chi connectivity index (χ3v) is 6.90. The van der Waals surface area contributed by atoms with E-state index >= 15 is 0 Å². The van der Waals surface area contributed by atoms with Crippen LogP contribution in [0.5, 0.6) is 0 Å². The summed E-state index contributed by atoms with van der Waals surface area (Å²) in [5.74, 6) is -0.118. The van der Waals surface area contributed by atoms with Crippen LogP contribution in [0, 0.1) is 5.82 Å². The van der Waals surface area contributed by atoms with E-state index in [9.17, 15) is 9.18 Å². The number of hydrogen-bond donors (Lipinski definition) is 0. The molecule has 0 N–H and O–H groups in total. The minimum Gasteiger partial charge on any atom is -0.378 e. The molecule has 2 aliphatic rings. The number of rotatable bonds is 4. The van der Waals surface area contributed by atoms with Crippen molar-refractivity contribution in [2.24, 2.45) is 0 Å². The fourth-order valence-corrected chi connectivity index (χ4v) is 5.30. The van der Waals surface area contributed by atoms with Crippen LogP contribution in [-0.2, 0) is 26.3 Å². The Kier molecular flexibility index (Phi) is 5.69. The quantitative estimate of drug-likeness (QED) is 0.710. The number of amides is 1. The largest absolute Gasteiger partial charge is 0.378 e. The Morgan fingerprint density at radius 2 is 2.03 bits per heavy atom. The molecule has 2 aliphatic heterocycles. The molecule has 1 saturated heterocycles. The average molecular weight is 416 g/mol. The second kappa shape index (κ2) is 8.09. The third-order valence-electron chi connectivity index (χ3n) is 5.94. The molecule has 1 fully saturated rings. The Morgan fingerprint density at radius 3 is 2.79 bits per heavy atom. The molecule has 4 rings (SSSR count). The molecular formula is C23H26FNO3S. The Bertz CT molecular complexity index is 934. The van der Waals surface area contributed by atoms with Crippen LogP contribution in [0.2, 0.25) is 0 Å². The van der Waals surface area contributed by atoms with Crippen LogP contribution in [0.4, 0.5) is 10.1 Å². The maximum atomic E-state index is 14.5. The topological polar surface area (TPSA) is 38.8 Å². The number of hydrogen-bond acceptors (Lipinski definition) is 4. The summed E-state index contributed by atoms with van der Waals surface area (Å²) in [6.45, 7) is 2.63. The maximum Gasteiger partial charge on any atom is 0.227 e. The first-order chi connectivity index (χ1) is 13.9. The Hall–Kier alpha value is -1.89. The molecule has 0 spiro atoms. The van der Waals surface area contributed by atoms with E-state index in [0.717, 1.165) is 33.0 Å². The number of fused-ring (bicyclic) bond motifs is 1. The molecule has 0 radical (unpaired) electrons. The number of ether oxygens (including phenoxy) is 2. The van der Waals surface area contributed by atoms with Crippen LogP contribution in [0.15, 0.2) is 46.2 Å². The zero-order valence-electron chi connectivity index (χ0n) is 17.0. The second-order valence-corrected chi connectivity index (χ2v) is 9.00. The van der Waals surface area contributed by atoms with Gasteiger partial charge in [0.2, 0.25) is 5.91 Å². The fraction of sp³-hybridized carbons (Fsp3) is 0.435. The zero-order valence-corrected chi connectivity index (χ0v) is 17.9. The highest BCUT2D eigenvalue weighted by atomic mass is 32.2. The van der Waals surface area contributed by atoms with Crippen molar-refractivity contribution < 1.29 is 18.7 Å². The van der Waals surface area contributed by atoms with E-state index in [2.05, 4.69) is 6.07 Å². The van der Waals surface area contributed by atoms with Crippen molar-refractivity contribution >= 4 is 23.4 Å². The van der Waals surface area contributed by atoms with Crippen molar-refractivity contribution in [3.63, 3.8) is 0 Å². The van der Waals surface area contributed by atoms with Crippen LogP contribution in [-0.4, -0.2) is 32.8 Å². The molecule has 0 aliphatic carbocycles. The highest BCUT2D eigenvalue weighted by molar-refractivity contribution is 7.99. The fourth-order valence-electron chi connectivity index (χ4n) is 4.33. The smallest absolute Gasteiger partial charge is 0.227 e. The lowest BCUT2D eigenvalue weighted by Crippen LogP contribution is -2.39. The summed E-state index contributed by atoms with van der Waals surface area (Å²) in [6, 6.07) is 11.3. The Balaban J connectivity index is 1.63. The van der Waals surface area contributed by atoms with Gasteiger partial charge >= 0.3 is 0 Å². The highest BCUT2D eigenvalue weighted by Crippen LogP contribution is 2.41. The van der Waals surface area contributed by atoms with Crippen LogP contribution in [0.1, 0.15) is 37.3 Å². The minimum atomic E-state index is -0.520. The van der Waals surface area contributed by atoms with Gasteiger partial charge in [-0.15, -0.1) is 0 Å². The molecule has 0 bridgehead atoms. The lowest BCUT2D eigenvalue weighted by atomic mass is 9.83. The van der Waals surface area contributed by atoms with Gasteiger partial charge in [0.25, 0.3) is 0 Å². The first-order valence-electron chi connectivity index (χ1n) is 9.95. The molecule has 154 valence electrons. The Morgan fingerprint density at radius 1 is 1.21 bits per heavy atom. The number of aryl methyl sites for hydroxylation is 1. The lowest BCUT2D eigenvalue weighted by Gasteiger charge is -2.39. The lowest BCUT2D eigenvalue weighted by molar-refractivity contribution is -0.122. The zero-order chi connectivity index (χ0) is 20.6. The van der Waals surface area contributed by atoms with Gasteiger partial charge in [-0.2, -0.15) is 0 Å². The van der Waals surface area contributed by atoms with E-state index in [1.807, 2.05) is 32.2 Å². The van der Waals surface area contributed by atoms with Gasteiger partial charge in [0.15, 0.2) is 0 Å². The molecule has 4 nitrogen and oxygen atoms in total. The monoisotopic (exact) mass is 415 g/mol. The number of carbonyl (C=O) groups excluding carboxylic acids is 1. The number of methoxy groups -OCH3 is 1. The molecule has 1 unspecified atom stereocenters. The van der Waals surface area contributed by atoms with Gasteiger partial charge in [-0.25, -0.2) is 4.39 Å². The first-order valence-corrected chi connectivity index (χ1v) is 10.8. The van der Waals surface area contributed by atoms with Crippen molar-refractivity contribution in [3.05, 3.63) is 53.3 Å². The first kappa shape index (κ1) is 20.4. The molecule has 2 heterocycles. The third kappa shape index (κ3) is 4.06. The number of benzene rings is 2. The standard InChI is InChI=1S/C23H26FNO3S/c1-15-14-23(27-3,8-9-28-15)17-11-18(24)13-20(12-17)29-19-5-6-21-16(10-19)4-7-22(26)25(21)2/h5-6,10-13,15H,4,7-9,14H2,1-3H3/t15?,23-/m1/s1. The predicted octanol–water partition coefficient (Wildman–Crippen LogP) is 4.93. The summed E-state index contributed by atoms with van der Waals surface area (Å²) in [5.41, 5.74) is 2.45. The van der Waals surface area contributed by atoms with Crippen LogP contribution >= 0.6 is 11.8 Å². The van der Waals surface area contributed by atoms with Crippen LogP contribution in [0.25, 0.3) is 0 Å². The van der Waals surface area contributed by atoms with E-state index in [4.69, 9.17) is 9.47 Å². The summed E-state index contributed by atoms with van der Waals surface area (Å²) in [6.07, 6.45) is 2.75. The van der Waals surface area contributed by atoms with E-state index in [-0.39, 0.29) is 17.8 Å². The molecule has 1 amide bonds.